The van der Waals surface area contributed by atoms with Crippen molar-refractivity contribution < 1.29 is 19.4 Å². The fourth-order valence-corrected chi connectivity index (χ4v) is 9.70. The molecule has 0 saturated carbocycles. The summed E-state index contributed by atoms with van der Waals surface area (Å²) in [6.07, 6.45) is 6.40. The zero-order chi connectivity index (χ0) is 29.8. The van der Waals surface area contributed by atoms with E-state index in [-0.39, 0.29) is 46.9 Å². The number of amides is 1. The lowest BCUT2D eigenvalue weighted by atomic mass is 9.64. The Morgan fingerprint density at radius 2 is 2.02 bits per heavy atom. The van der Waals surface area contributed by atoms with Crippen LogP contribution in [0, 0.1) is 29.6 Å². The van der Waals surface area contributed by atoms with E-state index < -0.39 is 17.4 Å². The molecule has 4 saturated heterocycles. The number of aromatic nitrogens is 1. The average molecular weight is 577 g/mol. The highest BCUT2D eigenvalue weighted by atomic mass is 16.7. The van der Waals surface area contributed by atoms with Gasteiger partial charge in [-0.1, -0.05) is 39.8 Å². The highest BCUT2D eigenvalue weighted by Crippen LogP contribution is 2.54. The average Bonchev–Trinajstić information content (AvgIpc) is 3.62. The first-order chi connectivity index (χ1) is 19.9. The van der Waals surface area contributed by atoms with E-state index >= 15 is 0 Å². The van der Waals surface area contributed by atoms with Gasteiger partial charge in [0.2, 0.25) is 11.6 Å². The number of hydrogen-bond donors (Lipinski definition) is 3. The number of benzene rings is 1. The second-order valence-corrected chi connectivity index (χ2v) is 15.1. The molecule has 0 radical (unpaired) electrons. The Bertz CT molecular complexity index is 1420. The fraction of sp³-hybridized carbons (Fsp3) is 0.706. The Labute approximate surface area is 249 Å². The van der Waals surface area contributed by atoms with Gasteiger partial charge in [-0.25, -0.2) is 0 Å². The van der Waals surface area contributed by atoms with Gasteiger partial charge in [-0.15, -0.1) is 0 Å². The van der Waals surface area contributed by atoms with Crippen LogP contribution in [0.15, 0.2) is 24.4 Å². The number of Topliss-reactive ketones (excluding diaryl/α,β-unsaturated/α-hetero) is 1. The first-order valence-corrected chi connectivity index (χ1v) is 16.2. The summed E-state index contributed by atoms with van der Waals surface area (Å²) in [5, 5.41) is 16.8. The fourth-order valence-electron chi connectivity index (χ4n) is 9.70. The lowest BCUT2D eigenvalue weighted by molar-refractivity contribution is -0.295. The number of likely N-dealkylation sites (N-methyl/N-ethyl adjacent to an activating group) is 1. The normalized spacial score (nSPS) is 40.0. The second-order valence-electron chi connectivity index (χ2n) is 15.1. The number of likely N-dealkylation sites (tertiary alicyclic amines) is 1. The van der Waals surface area contributed by atoms with Gasteiger partial charge in [-0.3, -0.25) is 19.4 Å². The molecule has 0 spiro atoms. The van der Waals surface area contributed by atoms with E-state index in [0.717, 1.165) is 44.3 Å². The number of ketones is 1. The van der Waals surface area contributed by atoms with Crippen molar-refractivity contribution in [2.45, 2.75) is 95.7 Å². The van der Waals surface area contributed by atoms with Gasteiger partial charge in [0.05, 0.1) is 17.9 Å². The van der Waals surface area contributed by atoms with Crippen LogP contribution in [0.2, 0.25) is 0 Å². The summed E-state index contributed by atoms with van der Waals surface area (Å²) in [6, 6.07) is 6.23. The predicted octanol–water partition coefficient (Wildman–Crippen LogP) is 4.03. The molecule has 1 aromatic carbocycles. The third kappa shape index (κ3) is 3.87. The highest BCUT2D eigenvalue weighted by molar-refractivity contribution is 5.97. The van der Waals surface area contributed by atoms with Crippen LogP contribution in [-0.4, -0.2) is 81.4 Å². The quantitative estimate of drug-likeness (QED) is 0.497. The van der Waals surface area contributed by atoms with Crippen molar-refractivity contribution in [2.24, 2.45) is 29.6 Å². The van der Waals surface area contributed by atoms with E-state index in [1.165, 1.54) is 16.5 Å². The van der Waals surface area contributed by atoms with Crippen LogP contribution in [0.4, 0.5) is 0 Å². The summed E-state index contributed by atoms with van der Waals surface area (Å²) in [4.78, 5) is 37.0. The molecular weight excluding hydrogens is 528 g/mol. The van der Waals surface area contributed by atoms with Gasteiger partial charge < -0.3 is 20.1 Å². The third-order valence-electron chi connectivity index (χ3n) is 11.8. The number of hydrogen-bond acceptors (Lipinski definition) is 6. The number of ether oxygens (including phenoxy) is 1. The molecule has 42 heavy (non-hydrogen) atoms. The summed E-state index contributed by atoms with van der Waals surface area (Å²) in [6.45, 7) is 12.8. The molecule has 8 heteroatoms. The molecule has 228 valence electrons. The molecule has 3 N–H and O–H groups in total. The topological polar surface area (TPSA) is 97.9 Å². The number of piperidine rings is 2. The van der Waals surface area contributed by atoms with Crippen molar-refractivity contribution in [1.82, 2.24) is 20.1 Å². The molecule has 8 atom stereocenters. The smallest absolute Gasteiger partial charge is 0.226 e. The zero-order valence-corrected chi connectivity index (χ0v) is 26.1. The number of H-pyrrole nitrogens is 1. The minimum absolute atomic E-state index is 0.00540. The van der Waals surface area contributed by atoms with Crippen LogP contribution < -0.4 is 5.32 Å². The van der Waals surface area contributed by atoms with Crippen LogP contribution in [0.25, 0.3) is 10.9 Å². The molecule has 2 aromatic rings. The number of fused-ring (bicyclic) bond motifs is 5. The summed E-state index contributed by atoms with van der Waals surface area (Å²) < 4.78 is 6.65. The van der Waals surface area contributed by atoms with Gasteiger partial charge in [-0.2, -0.15) is 0 Å². The van der Waals surface area contributed by atoms with Crippen molar-refractivity contribution >= 4 is 22.6 Å². The first-order valence-electron chi connectivity index (χ1n) is 16.2. The molecule has 5 unspecified atom stereocenters. The molecule has 8 nitrogen and oxygen atoms in total. The monoisotopic (exact) mass is 576 g/mol. The molecule has 1 aromatic heterocycles. The molecule has 4 aliphatic heterocycles. The second kappa shape index (κ2) is 9.62. The molecule has 4 fully saturated rings. The van der Waals surface area contributed by atoms with Gasteiger partial charge in [0.15, 0.2) is 11.6 Å². The van der Waals surface area contributed by atoms with Gasteiger partial charge in [0, 0.05) is 47.6 Å². The lowest BCUT2D eigenvalue weighted by Gasteiger charge is -2.53. The van der Waals surface area contributed by atoms with Crippen LogP contribution in [0.1, 0.15) is 77.3 Å². The standard InChI is InChI=1S/C34H48N4O4/c1-19(2)13-21-18-38-12-8-11-27(38)34(41)29(21)30(39)33(42-34,20(3)4)36-31(40)22-14-25-24-9-7-10-26-28(24)23(16-35-26)15-32(25,5)37(6)17-22/h7,9-10,16,19-22,25,27,29,35,41H,8,11-15,17-18H2,1-6H3,(H,36,40)/t21-,22?,25?,27?,29?,32?,33+,34-/m0/s1. The van der Waals surface area contributed by atoms with E-state index in [1.807, 2.05) is 13.8 Å². The van der Waals surface area contributed by atoms with Crippen LogP contribution in [-0.2, 0) is 20.7 Å². The SMILES string of the molecule is CC(C)C[C@H]1CN2CCCC2[C@]2(O)O[C@](NC(=O)C3CC4c5cccc6[nH]cc(c56)CC4(C)N(C)C3)(C(C)C)C(=O)C12. The number of aromatic amines is 1. The molecule has 5 heterocycles. The molecular formula is C34H48N4O4. The molecule has 5 aliphatic rings. The molecule has 1 aliphatic carbocycles. The molecule has 1 amide bonds. The summed E-state index contributed by atoms with van der Waals surface area (Å²) >= 11 is 0. The molecule has 7 rings (SSSR count). The number of aliphatic hydroxyl groups is 1. The van der Waals surface area contributed by atoms with Crippen LogP contribution in [0.5, 0.6) is 0 Å². The van der Waals surface area contributed by atoms with Crippen molar-refractivity contribution in [3.05, 3.63) is 35.5 Å². The van der Waals surface area contributed by atoms with E-state index in [1.54, 1.807) is 0 Å². The maximum absolute atomic E-state index is 14.6. The predicted molar refractivity (Wildman–Crippen MR) is 162 cm³/mol. The number of carbonyl (C=O) groups is 2. The van der Waals surface area contributed by atoms with E-state index in [0.29, 0.717) is 18.9 Å². The van der Waals surface area contributed by atoms with Crippen molar-refractivity contribution in [1.29, 1.82) is 0 Å². The van der Waals surface area contributed by atoms with Gasteiger partial charge in [-0.05, 0) is 81.6 Å². The Balaban J connectivity index is 1.20. The van der Waals surface area contributed by atoms with Crippen LogP contribution >= 0.6 is 0 Å². The summed E-state index contributed by atoms with van der Waals surface area (Å²) in [5.41, 5.74) is 2.15. The van der Waals surface area contributed by atoms with Crippen molar-refractivity contribution in [3.63, 3.8) is 0 Å². The number of nitrogens with zero attached hydrogens (tertiary/aromatic N) is 2. The highest BCUT2D eigenvalue weighted by Gasteiger charge is 2.71. The van der Waals surface area contributed by atoms with E-state index in [9.17, 15) is 14.7 Å². The lowest BCUT2D eigenvalue weighted by Crippen LogP contribution is -2.63. The Morgan fingerprint density at radius 3 is 2.76 bits per heavy atom. The number of carbonyl (C=O) groups excluding carboxylic acids is 2. The van der Waals surface area contributed by atoms with Crippen molar-refractivity contribution in [2.75, 3.05) is 26.7 Å². The largest absolute Gasteiger partial charge is 0.364 e. The Kier molecular flexibility index (Phi) is 6.53. The first kappa shape index (κ1) is 28.5. The van der Waals surface area contributed by atoms with Gasteiger partial charge in [0.1, 0.15) is 0 Å². The number of nitrogens with one attached hydrogen (secondary N) is 2. The zero-order valence-electron chi connectivity index (χ0n) is 26.1. The van der Waals surface area contributed by atoms with E-state index in [2.05, 4.69) is 72.3 Å². The minimum atomic E-state index is -1.59. The summed E-state index contributed by atoms with van der Waals surface area (Å²) in [7, 11) is 2.13. The minimum Gasteiger partial charge on any atom is -0.364 e. The van der Waals surface area contributed by atoms with Crippen LogP contribution in [0.3, 0.4) is 0 Å². The maximum Gasteiger partial charge on any atom is 0.226 e. The maximum atomic E-state index is 14.6. The Hall–Kier alpha value is -2.26. The number of rotatable bonds is 5. The van der Waals surface area contributed by atoms with Gasteiger partial charge >= 0.3 is 0 Å². The molecule has 0 bridgehead atoms. The van der Waals surface area contributed by atoms with Crippen molar-refractivity contribution in [3.8, 4) is 0 Å². The van der Waals surface area contributed by atoms with Gasteiger partial charge in [0.25, 0.3) is 0 Å². The van der Waals surface area contributed by atoms with E-state index in [4.69, 9.17) is 4.74 Å². The third-order valence-corrected chi connectivity index (χ3v) is 11.8. The summed E-state index contributed by atoms with van der Waals surface area (Å²) in [5.74, 6) is -2.57. The Morgan fingerprint density at radius 1 is 1.24 bits per heavy atom.